The molecule has 24 heavy (non-hydrogen) atoms. The van der Waals surface area contributed by atoms with Crippen LogP contribution in [0.1, 0.15) is 32.1 Å². The van der Waals surface area contributed by atoms with Crippen molar-refractivity contribution in [2.75, 3.05) is 0 Å². The number of benzene rings is 1. The lowest BCUT2D eigenvalue weighted by molar-refractivity contribution is -0.122. The minimum Gasteiger partial charge on any atom is -0.352 e. The summed E-state index contributed by atoms with van der Waals surface area (Å²) in [4.78, 5) is 29.3. The van der Waals surface area contributed by atoms with Crippen LogP contribution in [0, 0.1) is 0 Å². The van der Waals surface area contributed by atoms with Crippen molar-refractivity contribution in [2.45, 2.75) is 44.7 Å². The van der Waals surface area contributed by atoms with Gasteiger partial charge in [0.25, 0.3) is 5.56 Å². The first-order chi connectivity index (χ1) is 11.7. The maximum atomic E-state index is 12.7. The third-order valence-corrected chi connectivity index (χ3v) is 5.78. The van der Waals surface area contributed by atoms with Gasteiger partial charge in [-0.2, -0.15) is 0 Å². The summed E-state index contributed by atoms with van der Waals surface area (Å²) in [7, 11) is 0. The zero-order valence-electron chi connectivity index (χ0n) is 13.3. The fourth-order valence-corrected chi connectivity index (χ4v) is 4.51. The fourth-order valence-electron chi connectivity index (χ4n) is 3.40. The number of fused-ring (bicyclic) bond motifs is 3. The molecule has 1 aliphatic rings. The summed E-state index contributed by atoms with van der Waals surface area (Å²) in [5.41, 5.74) is 0.588. The summed E-state index contributed by atoms with van der Waals surface area (Å²) in [5.74, 6) is -0.105. The molecule has 4 rings (SSSR count). The van der Waals surface area contributed by atoms with Gasteiger partial charge in [-0.15, -0.1) is 11.3 Å². The summed E-state index contributed by atoms with van der Waals surface area (Å²) < 4.78 is 3.07. The molecule has 0 bridgehead atoms. The molecule has 1 aliphatic carbocycles. The average Bonchev–Trinajstić information content (AvgIpc) is 2.98. The van der Waals surface area contributed by atoms with Crippen LogP contribution < -0.4 is 10.9 Å². The zero-order valence-corrected chi connectivity index (χ0v) is 14.1. The maximum Gasteiger partial charge on any atom is 0.271 e. The van der Waals surface area contributed by atoms with Crippen LogP contribution in [0.4, 0.5) is 0 Å². The highest BCUT2D eigenvalue weighted by atomic mass is 32.1. The van der Waals surface area contributed by atoms with Crippen LogP contribution in [0.2, 0.25) is 0 Å². The second-order valence-electron chi connectivity index (χ2n) is 6.36. The Morgan fingerprint density at radius 2 is 2.04 bits per heavy atom. The van der Waals surface area contributed by atoms with Crippen molar-refractivity contribution in [3.05, 3.63) is 40.9 Å². The van der Waals surface area contributed by atoms with Crippen LogP contribution in [0.15, 0.2) is 35.4 Å². The molecule has 1 saturated carbocycles. The number of nitrogens with zero attached hydrogens (tertiary/aromatic N) is 2. The molecular formula is C18H19N3O2S. The van der Waals surface area contributed by atoms with E-state index < -0.39 is 0 Å². The quantitative estimate of drug-likeness (QED) is 0.796. The van der Waals surface area contributed by atoms with Crippen molar-refractivity contribution in [1.82, 2.24) is 14.9 Å². The highest BCUT2D eigenvalue weighted by molar-refractivity contribution is 7.25. The number of carbonyl (C=O) groups excluding carboxylic acids is 1. The minimum absolute atomic E-state index is 0.0342. The van der Waals surface area contributed by atoms with E-state index in [1.54, 1.807) is 0 Å². The smallest absolute Gasteiger partial charge is 0.271 e. The van der Waals surface area contributed by atoms with Gasteiger partial charge in [0.15, 0.2) is 0 Å². The predicted molar refractivity (Wildman–Crippen MR) is 96.4 cm³/mol. The normalized spacial score (nSPS) is 15.8. The molecule has 2 aromatic heterocycles. The van der Waals surface area contributed by atoms with Crippen LogP contribution in [0.5, 0.6) is 0 Å². The molecule has 0 aliphatic heterocycles. The van der Waals surface area contributed by atoms with Crippen molar-refractivity contribution >= 4 is 37.5 Å². The SMILES string of the molecule is O=C(Cn1cnc2c(sc3ccccc32)c1=O)NC1CCCCC1. The Morgan fingerprint density at radius 3 is 2.88 bits per heavy atom. The Labute approximate surface area is 143 Å². The highest BCUT2D eigenvalue weighted by Gasteiger charge is 2.17. The lowest BCUT2D eigenvalue weighted by Gasteiger charge is -2.22. The Kier molecular flexibility index (Phi) is 4.06. The molecule has 1 fully saturated rings. The van der Waals surface area contributed by atoms with Crippen LogP contribution in [-0.4, -0.2) is 21.5 Å². The third kappa shape index (κ3) is 2.82. The molecule has 0 saturated heterocycles. The van der Waals surface area contributed by atoms with Crippen LogP contribution >= 0.6 is 11.3 Å². The van der Waals surface area contributed by atoms with Gasteiger partial charge in [0, 0.05) is 16.1 Å². The van der Waals surface area contributed by atoms with E-state index in [-0.39, 0.29) is 24.1 Å². The topological polar surface area (TPSA) is 64.0 Å². The zero-order chi connectivity index (χ0) is 16.5. The number of thiophene rings is 1. The van der Waals surface area contributed by atoms with Crippen molar-refractivity contribution in [1.29, 1.82) is 0 Å². The molecule has 1 N–H and O–H groups in total. The number of amides is 1. The van der Waals surface area contributed by atoms with Crippen molar-refractivity contribution in [2.24, 2.45) is 0 Å². The molecule has 6 heteroatoms. The van der Waals surface area contributed by atoms with Gasteiger partial charge in [0.1, 0.15) is 11.2 Å². The van der Waals surface area contributed by atoms with Crippen molar-refractivity contribution in [3.8, 4) is 0 Å². The van der Waals surface area contributed by atoms with E-state index in [0.717, 1.165) is 28.4 Å². The number of hydrogen-bond donors (Lipinski definition) is 1. The summed E-state index contributed by atoms with van der Waals surface area (Å²) in [6, 6.07) is 8.11. The van der Waals surface area contributed by atoms with Gasteiger partial charge in [-0.1, -0.05) is 37.5 Å². The monoisotopic (exact) mass is 341 g/mol. The van der Waals surface area contributed by atoms with Crippen LogP contribution in [0.3, 0.4) is 0 Å². The lowest BCUT2D eigenvalue weighted by Crippen LogP contribution is -2.39. The van der Waals surface area contributed by atoms with E-state index in [4.69, 9.17) is 0 Å². The van der Waals surface area contributed by atoms with Crippen LogP contribution in [0.25, 0.3) is 20.3 Å². The molecule has 2 heterocycles. The molecule has 5 nitrogen and oxygen atoms in total. The second kappa shape index (κ2) is 6.36. The van der Waals surface area contributed by atoms with Crippen molar-refractivity contribution in [3.63, 3.8) is 0 Å². The van der Waals surface area contributed by atoms with E-state index in [9.17, 15) is 9.59 Å². The molecule has 0 spiro atoms. The third-order valence-electron chi connectivity index (χ3n) is 4.63. The average molecular weight is 341 g/mol. The van der Waals surface area contributed by atoms with Gasteiger partial charge in [0.05, 0.1) is 11.8 Å². The van der Waals surface area contributed by atoms with E-state index in [1.165, 1.54) is 41.5 Å². The molecule has 3 aromatic rings. The van der Waals surface area contributed by atoms with Gasteiger partial charge < -0.3 is 5.32 Å². The first kappa shape index (κ1) is 15.3. The van der Waals surface area contributed by atoms with Gasteiger partial charge in [-0.3, -0.25) is 14.2 Å². The van der Waals surface area contributed by atoms with Gasteiger partial charge in [0.2, 0.25) is 5.91 Å². The largest absolute Gasteiger partial charge is 0.352 e. The first-order valence-electron chi connectivity index (χ1n) is 8.38. The van der Waals surface area contributed by atoms with Crippen molar-refractivity contribution < 1.29 is 4.79 Å². The highest BCUT2D eigenvalue weighted by Crippen LogP contribution is 2.29. The molecular weight excluding hydrogens is 322 g/mol. The molecule has 0 atom stereocenters. The predicted octanol–water partition coefficient (Wildman–Crippen LogP) is 3.06. The Hall–Kier alpha value is -2.21. The maximum absolute atomic E-state index is 12.7. The Bertz CT molecular complexity index is 954. The lowest BCUT2D eigenvalue weighted by atomic mass is 9.95. The Morgan fingerprint density at radius 1 is 1.25 bits per heavy atom. The minimum atomic E-state index is -0.139. The fraction of sp³-hybridized carbons (Fsp3) is 0.389. The number of aromatic nitrogens is 2. The summed E-state index contributed by atoms with van der Waals surface area (Å²) in [5, 5.41) is 4.04. The first-order valence-corrected chi connectivity index (χ1v) is 9.20. The van der Waals surface area contributed by atoms with E-state index in [2.05, 4.69) is 10.3 Å². The molecule has 1 amide bonds. The molecule has 0 radical (unpaired) electrons. The number of rotatable bonds is 3. The van der Waals surface area contributed by atoms with Crippen LogP contribution in [-0.2, 0) is 11.3 Å². The molecule has 124 valence electrons. The Balaban J connectivity index is 1.60. The van der Waals surface area contributed by atoms with E-state index >= 15 is 0 Å². The van der Waals surface area contributed by atoms with E-state index in [0.29, 0.717) is 4.70 Å². The van der Waals surface area contributed by atoms with Gasteiger partial charge in [-0.05, 0) is 18.9 Å². The summed E-state index contributed by atoms with van der Waals surface area (Å²) in [6.45, 7) is 0.0342. The van der Waals surface area contributed by atoms with E-state index in [1.807, 2.05) is 24.3 Å². The van der Waals surface area contributed by atoms with Gasteiger partial charge >= 0.3 is 0 Å². The number of nitrogens with one attached hydrogen (secondary N) is 1. The molecule has 1 aromatic carbocycles. The second-order valence-corrected chi connectivity index (χ2v) is 7.41. The standard InChI is InChI=1S/C18H19N3O2S/c22-15(20-12-6-2-1-3-7-12)10-21-11-19-16-13-8-4-5-9-14(13)24-17(16)18(21)23/h4-5,8-9,11-12H,1-3,6-7,10H2,(H,20,22). The summed E-state index contributed by atoms with van der Waals surface area (Å²) in [6.07, 6.45) is 7.14. The molecule has 0 unspecified atom stereocenters. The number of hydrogen-bond acceptors (Lipinski definition) is 4. The summed E-state index contributed by atoms with van der Waals surface area (Å²) >= 11 is 1.44. The van der Waals surface area contributed by atoms with Gasteiger partial charge in [-0.25, -0.2) is 4.98 Å². The number of carbonyl (C=O) groups is 1.